The molecule has 0 saturated heterocycles. The minimum atomic E-state index is 0.755. The smallest absolute Gasteiger partial charge is 0.0724 e. The molecule has 4 heteroatoms. The van der Waals surface area contributed by atoms with E-state index < -0.39 is 0 Å². The Balaban J connectivity index is 1.81. The van der Waals surface area contributed by atoms with Crippen LogP contribution in [0.3, 0.4) is 0 Å². The minimum absolute atomic E-state index is 0.755. The second-order valence-electron chi connectivity index (χ2n) is 4.10. The molecule has 0 aliphatic heterocycles. The van der Waals surface area contributed by atoms with Crippen LogP contribution in [0.1, 0.15) is 23.9 Å². The Morgan fingerprint density at radius 2 is 2.12 bits per heavy atom. The normalized spacial score (nSPS) is 10.7. The van der Waals surface area contributed by atoms with Crippen LogP contribution < -0.4 is 5.32 Å². The number of aromatic nitrogens is 3. The van der Waals surface area contributed by atoms with Gasteiger partial charge >= 0.3 is 0 Å². The zero-order chi connectivity index (χ0) is 12.1. The first-order chi connectivity index (χ1) is 8.28. The average Bonchev–Trinajstić information content (AvgIpc) is 2.80. The number of hydrogen-bond acceptors (Lipinski definition) is 3. The topological polar surface area (TPSA) is 42.7 Å². The van der Waals surface area contributed by atoms with E-state index in [1.165, 1.54) is 5.56 Å². The molecule has 17 heavy (non-hydrogen) atoms. The molecule has 0 unspecified atom stereocenters. The summed E-state index contributed by atoms with van der Waals surface area (Å²) in [4.78, 5) is 8.52. The molecule has 0 amide bonds. The molecule has 2 rings (SSSR count). The number of nitrogens with one attached hydrogen (secondary N) is 1. The summed E-state index contributed by atoms with van der Waals surface area (Å²) < 4.78 is 2.17. The van der Waals surface area contributed by atoms with Crippen LogP contribution in [0.4, 0.5) is 0 Å². The summed E-state index contributed by atoms with van der Waals surface area (Å²) in [6.45, 7) is 6.72. The standard InChI is InChI=1S/C13H18N4/c1-3-17-5-4-12(10-17)7-14-8-13-9-15-11(2)6-16-13/h4-6,9-10,14H,3,7-8H2,1-2H3. The van der Waals surface area contributed by atoms with Gasteiger partial charge in [-0.2, -0.15) is 0 Å². The highest BCUT2D eigenvalue weighted by atomic mass is 14.9. The van der Waals surface area contributed by atoms with E-state index in [9.17, 15) is 0 Å². The van der Waals surface area contributed by atoms with Crippen molar-refractivity contribution < 1.29 is 0 Å². The molecule has 0 aliphatic rings. The molecule has 0 saturated carbocycles. The first-order valence-electron chi connectivity index (χ1n) is 5.91. The van der Waals surface area contributed by atoms with Crippen molar-refractivity contribution in [3.63, 3.8) is 0 Å². The number of rotatable bonds is 5. The highest BCUT2D eigenvalue weighted by molar-refractivity contribution is 5.10. The Labute approximate surface area is 102 Å². The van der Waals surface area contributed by atoms with E-state index in [4.69, 9.17) is 0 Å². The lowest BCUT2D eigenvalue weighted by molar-refractivity contribution is 0.672. The lowest BCUT2D eigenvalue weighted by Gasteiger charge is -2.02. The van der Waals surface area contributed by atoms with Crippen LogP contribution >= 0.6 is 0 Å². The quantitative estimate of drug-likeness (QED) is 0.853. The first kappa shape index (κ1) is 11.8. The van der Waals surface area contributed by atoms with E-state index in [1.54, 1.807) is 6.20 Å². The molecule has 0 aliphatic carbocycles. The summed E-state index contributed by atoms with van der Waals surface area (Å²) in [5, 5.41) is 3.36. The third kappa shape index (κ3) is 3.39. The van der Waals surface area contributed by atoms with E-state index in [-0.39, 0.29) is 0 Å². The van der Waals surface area contributed by atoms with Crippen LogP contribution in [-0.2, 0) is 19.6 Å². The fourth-order valence-electron chi connectivity index (χ4n) is 1.64. The van der Waals surface area contributed by atoms with Crippen molar-refractivity contribution in [3.05, 3.63) is 47.8 Å². The Morgan fingerprint density at radius 3 is 2.76 bits per heavy atom. The van der Waals surface area contributed by atoms with Gasteiger partial charge in [-0.25, -0.2) is 0 Å². The van der Waals surface area contributed by atoms with Gasteiger partial charge in [-0.15, -0.1) is 0 Å². The molecular weight excluding hydrogens is 212 g/mol. The van der Waals surface area contributed by atoms with Gasteiger partial charge in [0, 0.05) is 44.4 Å². The van der Waals surface area contributed by atoms with Crippen LogP contribution in [0.15, 0.2) is 30.9 Å². The molecule has 0 radical (unpaired) electrons. The SMILES string of the molecule is CCn1ccc(CNCc2cnc(C)cn2)c1. The second-order valence-corrected chi connectivity index (χ2v) is 4.10. The van der Waals surface area contributed by atoms with Crippen LogP contribution in [0.5, 0.6) is 0 Å². The lowest BCUT2D eigenvalue weighted by Crippen LogP contribution is -2.13. The third-order valence-corrected chi connectivity index (χ3v) is 2.65. The van der Waals surface area contributed by atoms with Crippen molar-refractivity contribution in [2.24, 2.45) is 0 Å². The highest BCUT2D eigenvalue weighted by Gasteiger charge is 1.97. The Morgan fingerprint density at radius 1 is 1.24 bits per heavy atom. The summed E-state index contributed by atoms with van der Waals surface area (Å²) in [5.74, 6) is 0. The summed E-state index contributed by atoms with van der Waals surface area (Å²) in [6.07, 6.45) is 7.88. The zero-order valence-electron chi connectivity index (χ0n) is 10.3. The number of nitrogens with zero attached hydrogens (tertiary/aromatic N) is 3. The second kappa shape index (κ2) is 5.59. The van der Waals surface area contributed by atoms with Gasteiger partial charge in [0.05, 0.1) is 11.4 Å². The van der Waals surface area contributed by atoms with Crippen molar-refractivity contribution in [1.82, 2.24) is 19.9 Å². The molecule has 90 valence electrons. The molecule has 0 bridgehead atoms. The molecule has 1 N–H and O–H groups in total. The molecular formula is C13H18N4. The van der Waals surface area contributed by atoms with Crippen LogP contribution in [0.2, 0.25) is 0 Å². The Kier molecular flexibility index (Phi) is 3.88. The largest absolute Gasteiger partial charge is 0.354 e. The van der Waals surface area contributed by atoms with Gasteiger partial charge < -0.3 is 9.88 Å². The van der Waals surface area contributed by atoms with Crippen molar-refractivity contribution in [2.75, 3.05) is 0 Å². The maximum atomic E-state index is 4.30. The van der Waals surface area contributed by atoms with E-state index in [2.05, 4.69) is 45.2 Å². The fourth-order valence-corrected chi connectivity index (χ4v) is 1.64. The molecule has 2 heterocycles. The van der Waals surface area contributed by atoms with Crippen molar-refractivity contribution in [3.8, 4) is 0 Å². The van der Waals surface area contributed by atoms with Crippen molar-refractivity contribution in [1.29, 1.82) is 0 Å². The van der Waals surface area contributed by atoms with E-state index in [0.29, 0.717) is 0 Å². The minimum Gasteiger partial charge on any atom is -0.354 e. The van der Waals surface area contributed by atoms with Crippen LogP contribution in [-0.4, -0.2) is 14.5 Å². The summed E-state index contributed by atoms with van der Waals surface area (Å²) in [5.41, 5.74) is 3.23. The molecule has 4 nitrogen and oxygen atoms in total. The van der Waals surface area contributed by atoms with E-state index >= 15 is 0 Å². The van der Waals surface area contributed by atoms with Gasteiger partial charge in [-0.3, -0.25) is 9.97 Å². The highest BCUT2D eigenvalue weighted by Crippen LogP contribution is 2.01. The first-order valence-corrected chi connectivity index (χ1v) is 5.91. The van der Waals surface area contributed by atoms with Gasteiger partial charge in [0.1, 0.15) is 0 Å². The van der Waals surface area contributed by atoms with Gasteiger partial charge in [-0.1, -0.05) is 0 Å². The van der Waals surface area contributed by atoms with Gasteiger partial charge in [0.25, 0.3) is 0 Å². The van der Waals surface area contributed by atoms with E-state index in [0.717, 1.165) is 31.0 Å². The van der Waals surface area contributed by atoms with Crippen molar-refractivity contribution >= 4 is 0 Å². The molecule has 2 aromatic rings. The number of aryl methyl sites for hydroxylation is 2. The maximum absolute atomic E-state index is 4.30. The van der Waals surface area contributed by atoms with Gasteiger partial charge in [0.15, 0.2) is 0 Å². The molecule has 0 fully saturated rings. The number of hydrogen-bond donors (Lipinski definition) is 1. The third-order valence-electron chi connectivity index (χ3n) is 2.65. The average molecular weight is 230 g/mol. The molecule has 0 atom stereocenters. The summed E-state index contributed by atoms with van der Waals surface area (Å²) in [6, 6.07) is 2.14. The predicted molar refractivity (Wildman–Crippen MR) is 67.4 cm³/mol. The lowest BCUT2D eigenvalue weighted by atomic mass is 10.3. The Hall–Kier alpha value is -1.68. The molecule has 0 aromatic carbocycles. The van der Waals surface area contributed by atoms with Crippen LogP contribution in [0.25, 0.3) is 0 Å². The monoisotopic (exact) mass is 230 g/mol. The van der Waals surface area contributed by atoms with Crippen molar-refractivity contribution in [2.45, 2.75) is 33.5 Å². The maximum Gasteiger partial charge on any atom is 0.0724 e. The molecule has 2 aromatic heterocycles. The Bertz CT molecular complexity index is 459. The summed E-state index contributed by atoms with van der Waals surface area (Å²) >= 11 is 0. The fraction of sp³-hybridized carbons (Fsp3) is 0.385. The molecule has 0 spiro atoms. The predicted octanol–water partition coefficient (Wildman–Crippen LogP) is 1.90. The van der Waals surface area contributed by atoms with E-state index in [1.807, 2.05) is 13.1 Å². The van der Waals surface area contributed by atoms with Gasteiger partial charge in [-0.05, 0) is 25.5 Å². The summed E-state index contributed by atoms with van der Waals surface area (Å²) in [7, 11) is 0. The van der Waals surface area contributed by atoms with Gasteiger partial charge in [0.2, 0.25) is 0 Å². The van der Waals surface area contributed by atoms with Crippen LogP contribution in [0, 0.1) is 6.92 Å². The zero-order valence-corrected chi connectivity index (χ0v) is 10.3.